The van der Waals surface area contributed by atoms with Gasteiger partial charge >= 0.3 is 0 Å². The second-order valence-electron chi connectivity index (χ2n) is 6.22. The minimum Gasteiger partial charge on any atom is -0.547 e. The van der Waals surface area contributed by atoms with Crippen molar-refractivity contribution in [3.8, 4) is 0 Å². The Bertz CT molecular complexity index is 229. The zero-order valence-electron chi connectivity index (χ0n) is 13.9. The minimum atomic E-state index is -1.34. The summed E-state index contributed by atoms with van der Waals surface area (Å²) in [5.41, 5.74) is 0. The Hall–Kier alpha value is -0.570. The van der Waals surface area contributed by atoms with Gasteiger partial charge in [-0.1, -0.05) is 96.8 Å². The molecule has 0 unspecified atom stereocenters. The van der Waals surface area contributed by atoms with Crippen LogP contribution in [0.25, 0.3) is 0 Å². The molecule has 1 N–H and O–H groups in total. The van der Waals surface area contributed by atoms with E-state index in [0.717, 1.165) is 19.3 Å². The van der Waals surface area contributed by atoms with Crippen LogP contribution in [0.2, 0.25) is 0 Å². The number of aliphatic hydroxyl groups is 1. The number of aliphatic hydroxyl groups excluding tert-OH is 1. The van der Waals surface area contributed by atoms with E-state index in [-0.39, 0.29) is 0 Å². The summed E-state index contributed by atoms with van der Waals surface area (Å²) in [7, 11) is 0. The molecule has 0 amide bonds. The third kappa shape index (κ3) is 15.6. The Balaban J connectivity index is 3.04. The van der Waals surface area contributed by atoms with Gasteiger partial charge in [0.2, 0.25) is 0 Å². The van der Waals surface area contributed by atoms with Crippen molar-refractivity contribution in [3.05, 3.63) is 0 Å². The summed E-state index contributed by atoms with van der Waals surface area (Å²) in [5, 5.41) is 19.4. The van der Waals surface area contributed by atoms with Gasteiger partial charge < -0.3 is 15.0 Å². The second-order valence-corrected chi connectivity index (χ2v) is 6.22. The maximum absolute atomic E-state index is 10.3. The molecule has 3 nitrogen and oxygen atoms in total. The number of unbranched alkanes of at least 4 members (excludes halogenated alkanes) is 13. The van der Waals surface area contributed by atoms with Crippen LogP contribution in [0.15, 0.2) is 0 Å². The van der Waals surface area contributed by atoms with Gasteiger partial charge in [-0.15, -0.1) is 0 Å². The Morgan fingerprint density at radius 3 is 1.43 bits per heavy atom. The summed E-state index contributed by atoms with van der Waals surface area (Å²) >= 11 is 0. The molecule has 0 aliphatic carbocycles. The van der Waals surface area contributed by atoms with Crippen LogP contribution in [0.3, 0.4) is 0 Å². The van der Waals surface area contributed by atoms with E-state index in [1.807, 2.05) is 0 Å². The van der Waals surface area contributed by atoms with Crippen molar-refractivity contribution < 1.29 is 15.0 Å². The van der Waals surface area contributed by atoms with Crippen molar-refractivity contribution in [2.75, 3.05) is 0 Å². The first-order valence-electron chi connectivity index (χ1n) is 9.07. The summed E-state index contributed by atoms with van der Waals surface area (Å²) in [6, 6.07) is 0. The van der Waals surface area contributed by atoms with E-state index in [1.165, 1.54) is 70.6 Å². The predicted molar refractivity (Wildman–Crippen MR) is 85.9 cm³/mol. The van der Waals surface area contributed by atoms with E-state index >= 15 is 0 Å². The van der Waals surface area contributed by atoms with E-state index in [2.05, 4.69) is 6.92 Å². The Morgan fingerprint density at radius 1 is 0.762 bits per heavy atom. The second kappa shape index (κ2) is 15.8. The molecule has 0 rings (SSSR count). The van der Waals surface area contributed by atoms with Crippen LogP contribution >= 0.6 is 0 Å². The van der Waals surface area contributed by atoms with Gasteiger partial charge in [-0.05, 0) is 6.42 Å². The highest BCUT2D eigenvalue weighted by atomic mass is 16.4. The molecule has 0 aromatic heterocycles. The number of carboxylic acids is 1. The smallest absolute Gasteiger partial charge is 0.0933 e. The molecule has 0 heterocycles. The van der Waals surface area contributed by atoms with Gasteiger partial charge in [0.25, 0.3) is 0 Å². The monoisotopic (exact) mass is 299 g/mol. The summed E-state index contributed by atoms with van der Waals surface area (Å²) in [6.45, 7) is 2.26. The Labute approximate surface area is 131 Å². The number of carbonyl (C=O) groups is 1. The normalized spacial score (nSPS) is 12.5. The molecule has 0 aromatic carbocycles. The van der Waals surface area contributed by atoms with Crippen LogP contribution in [0.5, 0.6) is 0 Å². The molecule has 0 radical (unpaired) electrons. The molecule has 3 heteroatoms. The minimum absolute atomic E-state index is 0.334. The van der Waals surface area contributed by atoms with Crippen molar-refractivity contribution in [2.45, 2.75) is 109 Å². The average molecular weight is 299 g/mol. The van der Waals surface area contributed by atoms with Gasteiger partial charge in [-0.3, -0.25) is 0 Å². The van der Waals surface area contributed by atoms with Crippen LogP contribution < -0.4 is 5.11 Å². The van der Waals surface area contributed by atoms with Crippen molar-refractivity contribution in [1.29, 1.82) is 0 Å². The first-order valence-corrected chi connectivity index (χ1v) is 9.07. The number of carbonyl (C=O) groups excluding carboxylic acids is 1. The third-order valence-electron chi connectivity index (χ3n) is 4.10. The summed E-state index contributed by atoms with van der Waals surface area (Å²) in [5.74, 6) is -1.34. The lowest BCUT2D eigenvalue weighted by Crippen LogP contribution is -2.35. The zero-order chi connectivity index (χ0) is 15.8. The molecule has 1 atom stereocenters. The molecule has 21 heavy (non-hydrogen) atoms. The molecule has 0 spiro atoms. The summed E-state index contributed by atoms with van der Waals surface area (Å²) in [6.07, 6.45) is 16.9. The fourth-order valence-electron chi connectivity index (χ4n) is 2.65. The number of hydrogen-bond acceptors (Lipinski definition) is 3. The number of aliphatic carboxylic acids is 1. The molecule has 0 aliphatic rings. The highest BCUT2D eigenvalue weighted by Gasteiger charge is 2.03. The zero-order valence-corrected chi connectivity index (χ0v) is 13.9. The standard InChI is InChI=1S/C18H36O3/c1-2-3-4-5-6-7-8-9-10-11-12-13-14-15-16-17(19)18(20)21/h17,19H,2-16H2,1H3,(H,20,21)/p-1/t17-/m1/s1. The van der Waals surface area contributed by atoms with E-state index in [1.54, 1.807) is 0 Å². The fraction of sp³-hybridized carbons (Fsp3) is 0.944. The van der Waals surface area contributed by atoms with E-state index in [9.17, 15) is 9.90 Å². The molecule has 0 saturated carbocycles. The van der Waals surface area contributed by atoms with Gasteiger partial charge in [-0.2, -0.15) is 0 Å². The molecule has 0 aliphatic heterocycles. The summed E-state index contributed by atoms with van der Waals surface area (Å²) in [4.78, 5) is 10.3. The molecule has 0 saturated heterocycles. The van der Waals surface area contributed by atoms with Crippen LogP contribution in [-0.4, -0.2) is 17.2 Å². The van der Waals surface area contributed by atoms with Crippen molar-refractivity contribution in [2.24, 2.45) is 0 Å². The van der Waals surface area contributed by atoms with Gasteiger partial charge in [0.1, 0.15) is 0 Å². The third-order valence-corrected chi connectivity index (χ3v) is 4.10. The largest absolute Gasteiger partial charge is 0.547 e. The number of rotatable bonds is 16. The van der Waals surface area contributed by atoms with Crippen molar-refractivity contribution in [1.82, 2.24) is 0 Å². The maximum Gasteiger partial charge on any atom is 0.0933 e. The van der Waals surface area contributed by atoms with E-state index in [0.29, 0.717) is 6.42 Å². The van der Waals surface area contributed by atoms with Crippen molar-refractivity contribution in [3.63, 3.8) is 0 Å². The van der Waals surface area contributed by atoms with Crippen LogP contribution in [-0.2, 0) is 4.79 Å². The van der Waals surface area contributed by atoms with E-state index < -0.39 is 12.1 Å². The fourth-order valence-corrected chi connectivity index (χ4v) is 2.65. The molecular formula is C18H35O3-. The average Bonchev–Trinajstić information content (AvgIpc) is 2.47. The lowest BCUT2D eigenvalue weighted by atomic mass is 10.0. The first kappa shape index (κ1) is 20.4. The Kier molecular flexibility index (Phi) is 15.4. The number of hydrogen-bond donors (Lipinski definition) is 1. The highest BCUT2D eigenvalue weighted by molar-refractivity contribution is 5.69. The lowest BCUT2D eigenvalue weighted by Gasteiger charge is -2.10. The summed E-state index contributed by atoms with van der Waals surface area (Å²) < 4.78 is 0. The number of carboxylic acid groups (broad SMARTS) is 1. The Morgan fingerprint density at radius 2 is 1.10 bits per heavy atom. The van der Waals surface area contributed by atoms with Gasteiger partial charge in [0.05, 0.1) is 12.1 Å². The first-order chi connectivity index (χ1) is 10.2. The maximum atomic E-state index is 10.3. The highest BCUT2D eigenvalue weighted by Crippen LogP contribution is 2.13. The molecule has 0 fully saturated rings. The molecule has 126 valence electrons. The van der Waals surface area contributed by atoms with Crippen molar-refractivity contribution >= 4 is 5.97 Å². The lowest BCUT2D eigenvalue weighted by molar-refractivity contribution is -0.315. The van der Waals surface area contributed by atoms with E-state index in [4.69, 9.17) is 5.11 Å². The predicted octanol–water partition coefficient (Wildman–Crippen LogP) is 3.97. The van der Waals surface area contributed by atoms with Crippen LogP contribution in [0, 0.1) is 0 Å². The van der Waals surface area contributed by atoms with Crippen LogP contribution in [0.4, 0.5) is 0 Å². The van der Waals surface area contributed by atoms with Gasteiger partial charge in [0, 0.05) is 0 Å². The molecule has 0 bridgehead atoms. The quantitative estimate of drug-likeness (QED) is 0.439. The topological polar surface area (TPSA) is 60.4 Å². The molecular weight excluding hydrogens is 264 g/mol. The molecule has 0 aromatic rings. The SMILES string of the molecule is CCCCCCCCCCCCCCCC[C@@H](O)C(=O)[O-]. The van der Waals surface area contributed by atoms with Crippen LogP contribution in [0.1, 0.15) is 103 Å². The van der Waals surface area contributed by atoms with Gasteiger partial charge in [-0.25, -0.2) is 0 Å². The van der Waals surface area contributed by atoms with Gasteiger partial charge in [0.15, 0.2) is 0 Å².